The van der Waals surface area contributed by atoms with Gasteiger partial charge in [0.25, 0.3) is 0 Å². The van der Waals surface area contributed by atoms with Crippen LogP contribution in [0.3, 0.4) is 0 Å². The number of hydrogen-bond acceptors (Lipinski definition) is 3. The van der Waals surface area contributed by atoms with Gasteiger partial charge in [0.1, 0.15) is 0 Å². The molecule has 6 heteroatoms. The molecule has 1 heterocycles. The van der Waals surface area contributed by atoms with Gasteiger partial charge in [-0.25, -0.2) is 13.1 Å². The molecule has 0 amide bonds. The Labute approximate surface area is 96.9 Å². The summed E-state index contributed by atoms with van der Waals surface area (Å²) in [6, 6.07) is 1.71. The Morgan fingerprint density at radius 1 is 1.38 bits per heavy atom. The topological polar surface area (TPSA) is 63.1 Å². The Kier molecular flexibility index (Phi) is 4.52. The van der Waals surface area contributed by atoms with E-state index >= 15 is 0 Å². The molecule has 0 spiro atoms. The quantitative estimate of drug-likeness (QED) is 0.768. The minimum absolute atomic E-state index is 0.335. The highest BCUT2D eigenvalue weighted by Crippen LogP contribution is 2.14. The standard InChI is InChI=1S/C10H19N3O2S/c1-4-12-16(14,15)10-6-9(7-11-3)13(5-2)8-10/h6,8,11-12H,4-5,7H2,1-3H3. The van der Waals surface area contributed by atoms with Crippen molar-refractivity contribution in [3.05, 3.63) is 18.0 Å². The van der Waals surface area contributed by atoms with E-state index in [2.05, 4.69) is 10.0 Å². The highest BCUT2D eigenvalue weighted by molar-refractivity contribution is 7.89. The molecule has 16 heavy (non-hydrogen) atoms. The fraction of sp³-hybridized carbons (Fsp3) is 0.600. The molecule has 0 aromatic carbocycles. The molecule has 0 saturated heterocycles. The van der Waals surface area contributed by atoms with E-state index in [0.717, 1.165) is 12.2 Å². The van der Waals surface area contributed by atoms with Gasteiger partial charge in [0.05, 0.1) is 4.90 Å². The fourth-order valence-electron chi connectivity index (χ4n) is 1.57. The van der Waals surface area contributed by atoms with Crippen LogP contribution >= 0.6 is 0 Å². The maximum atomic E-state index is 11.8. The Balaban J connectivity index is 3.07. The lowest BCUT2D eigenvalue weighted by Crippen LogP contribution is -2.22. The summed E-state index contributed by atoms with van der Waals surface area (Å²) in [4.78, 5) is 0.335. The summed E-state index contributed by atoms with van der Waals surface area (Å²) < 4.78 is 28.0. The third-order valence-corrected chi connectivity index (χ3v) is 3.82. The van der Waals surface area contributed by atoms with Crippen molar-refractivity contribution in [3.8, 4) is 0 Å². The van der Waals surface area contributed by atoms with Gasteiger partial charge in [0, 0.05) is 31.5 Å². The van der Waals surface area contributed by atoms with Gasteiger partial charge in [-0.05, 0) is 20.0 Å². The van der Waals surface area contributed by atoms with Crippen LogP contribution in [0.4, 0.5) is 0 Å². The van der Waals surface area contributed by atoms with Gasteiger partial charge >= 0.3 is 0 Å². The molecule has 0 unspecified atom stereocenters. The zero-order valence-corrected chi connectivity index (χ0v) is 10.8. The third-order valence-electron chi connectivity index (χ3n) is 2.30. The first-order chi connectivity index (χ1) is 7.55. The molecule has 1 aromatic heterocycles. The summed E-state index contributed by atoms with van der Waals surface area (Å²) in [6.07, 6.45) is 1.67. The van der Waals surface area contributed by atoms with Gasteiger partial charge in [0.15, 0.2) is 0 Å². The van der Waals surface area contributed by atoms with Crippen LogP contribution in [-0.4, -0.2) is 26.6 Å². The maximum absolute atomic E-state index is 11.8. The molecule has 0 radical (unpaired) electrons. The van der Waals surface area contributed by atoms with Crippen molar-refractivity contribution in [2.24, 2.45) is 0 Å². The number of rotatable bonds is 6. The first-order valence-electron chi connectivity index (χ1n) is 5.38. The first-order valence-corrected chi connectivity index (χ1v) is 6.86. The molecule has 0 fully saturated rings. The number of aromatic nitrogens is 1. The van der Waals surface area contributed by atoms with E-state index < -0.39 is 10.0 Å². The number of nitrogens with one attached hydrogen (secondary N) is 2. The van der Waals surface area contributed by atoms with Crippen molar-refractivity contribution in [2.75, 3.05) is 13.6 Å². The van der Waals surface area contributed by atoms with E-state index in [4.69, 9.17) is 0 Å². The summed E-state index contributed by atoms with van der Waals surface area (Å²) in [5, 5.41) is 3.02. The van der Waals surface area contributed by atoms with E-state index in [1.54, 1.807) is 19.2 Å². The molecule has 92 valence electrons. The van der Waals surface area contributed by atoms with Crippen LogP contribution in [0.2, 0.25) is 0 Å². The Hall–Kier alpha value is -0.850. The fourth-order valence-corrected chi connectivity index (χ4v) is 2.67. The Morgan fingerprint density at radius 3 is 2.56 bits per heavy atom. The number of sulfonamides is 1. The molecule has 1 rings (SSSR count). The molecule has 5 nitrogen and oxygen atoms in total. The average molecular weight is 245 g/mol. The summed E-state index contributed by atoms with van der Waals surface area (Å²) in [7, 11) is -1.50. The van der Waals surface area contributed by atoms with Gasteiger partial charge in [-0.15, -0.1) is 0 Å². The molecule has 0 bridgehead atoms. The van der Waals surface area contributed by atoms with E-state index in [1.165, 1.54) is 0 Å². The summed E-state index contributed by atoms with van der Waals surface area (Å²) in [6.45, 7) is 5.58. The van der Waals surface area contributed by atoms with Gasteiger partial charge in [-0.1, -0.05) is 6.92 Å². The lowest BCUT2D eigenvalue weighted by atomic mass is 10.4. The summed E-state index contributed by atoms with van der Waals surface area (Å²) in [5.41, 5.74) is 0.974. The number of aryl methyl sites for hydroxylation is 1. The number of hydrogen-bond donors (Lipinski definition) is 2. The summed E-state index contributed by atoms with van der Waals surface area (Å²) in [5.74, 6) is 0. The molecule has 0 aliphatic heterocycles. The predicted octanol–water partition coefficient (Wildman–Crippen LogP) is 0.526. The zero-order valence-electron chi connectivity index (χ0n) is 9.95. The molecule has 0 aliphatic rings. The van der Waals surface area contributed by atoms with Crippen LogP contribution in [0, 0.1) is 0 Å². The largest absolute Gasteiger partial charge is 0.349 e. The van der Waals surface area contributed by atoms with E-state index in [1.807, 2.05) is 18.5 Å². The Morgan fingerprint density at radius 2 is 2.06 bits per heavy atom. The molecule has 0 atom stereocenters. The lowest BCUT2D eigenvalue weighted by Gasteiger charge is -2.03. The van der Waals surface area contributed by atoms with E-state index in [0.29, 0.717) is 18.0 Å². The van der Waals surface area contributed by atoms with E-state index in [9.17, 15) is 8.42 Å². The van der Waals surface area contributed by atoms with Gasteiger partial charge in [-0.2, -0.15) is 0 Å². The predicted molar refractivity (Wildman–Crippen MR) is 63.7 cm³/mol. The minimum Gasteiger partial charge on any atom is -0.349 e. The highest BCUT2D eigenvalue weighted by Gasteiger charge is 2.16. The highest BCUT2D eigenvalue weighted by atomic mass is 32.2. The van der Waals surface area contributed by atoms with Crippen molar-refractivity contribution < 1.29 is 8.42 Å². The van der Waals surface area contributed by atoms with Crippen LogP contribution in [0.15, 0.2) is 17.2 Å². The van der Waals surface area contributed by atoms with Crippen LogP contribution in [0.25, 0.3) is 0 Å². The smallest absolute Gasteiger partial charge is 0.242 e. The average Bonchev–Trinajstić information content (AvgIpc) is 2.62. The second kappa shape index (κ2) is 5.47. The monoisotopic (exact) mass is 245 g/mol. The van der Waals surface area contributed by atoms with Crippen LogP contribution < -0.4 is 10.0 Å². The normalized spacial score (nSPS) is 11.9. The van der Waals surface area contributed by atoms with Gasteiger partial charge in [-0.3, -0.25) is 0 Å². The number of nitrogens with zero attached hydrogens (tertiary/aromatic N) is 1. The lowest BCUT2D eigenvalue weighted by molar-refractivity contribution is 0.583. The molecule has 1 aromatic rings. The van der Waals surface area contributed by atoms with Crippen LogP contribution in [0.5, 0.6) is 0 Å². The van der Waals surface area contributed by atoms with Crippen molar-refractivity contribution in [2.45, 2.75) is 31.8 Å². The maximum Gasteiger partial charge on any atom is 0.242 e. The van der Waals surface area contributed by atoms with E-state index in [-0.39, 0.29) is 0 Å². The molecular weight excluding hydrogens is 226 g/mol. The van der Waals surface area contributed by atoms with Crippen molar-refractivity contribution >= 4 is 10.0 Å². The third kappa shape index (κ3) is 2.84. The van der Waals surface area contributed by atoms with Crippen LogP contribution in [-0.2, 0) is 23.1 Å². The van der Waals surface area contributed by atoms with Crippen molar-refractivity contribution in [1.82, 2.24) is 14.6 Å². The van der Waals surface area contributed by atoms with Crippen LogP contribution in [0.1, 0.15) is 19.5 Å². The zero-order chi connectivity index (χ0) is 12.2. The minimum atomic E-state index is -3.34. The van der Waals surface area contributed by atoms with Gasteiger partial charge in [0.2, 0.25) is 10.0 Å². The Bertz CT molecular complexity index is 437. The first kappa shape index (κ1) is 13.2. The van der Waals surface area contributed by atoms with Crippen molar-refractivity contribution in [3.63, 3.8) is 0 Å². The molecule has 0 aliphatic carbocycles. The second-order valence-electron chi connectivity index (χ2n) is 3.48. The second-order valence-corrected chi connectivity index (χ2v) is 5.25. The molecule has 2 N–H and O–H groups in total. The SMILES string of the molecule is CCNS(=O)(=O)c1cc(CNC)n(CC)c1. The summed E-state index contributed by atoms with van der Waals surface area (Å²) >= 11 is 0. The van der Waals surface area contributed by atoms with Crippen molar-refractivity contribution in [1.29, 1.82) is 0 Å². The van der Waals surface area contributed by atoms with Gasteiger partial charge < -0.3 is 9.88 Å². The molecule has 0 saturated carbocycles. The molecular formula is C10H19N3O2S.